The van der Waals surface area contributed by atoms with Crippen molar-refractivity contribution in [3.63, 3.8) is 0 Å². The number of Topliss-reactive ketones (excluding diaryl/α,β-unsaturated/α-hetero) is 1. The predicted molar refractivity (Wildman–Crippen MR) is 111 cm³/mol. The number of piperidine rings is 1. The minimum Gasteiger partial charge on any atom is -0.384 e. The predicted octanol–water partition coefficient (Wildman–Crippen LogP) is 1.34. The Hall–Kier alpha value is -3.03. The molecule has 1 unspecified atom stereocenters. The summed E-state index contributed by atoms with van der Waals surface area (Å²) in [5.41, 5.74) is 6.42. The van der Waals surface area contributed by atoms with Gasteiger partial charge in [0, 0.05) is 38.6 Å². The Morgan fingerprint density at radius 1 is 1.04 bits per heavy atom. The standard InChI is InChI=1S/C20H27N5O3/c1-13(17(26)16-18(21)23(2)20(28)24(3)19(16)27)22-14-7-9-15(10-8-14)25-11-5-4-6-12-25/h7-10,13,22H,4-6,11-12,21H2,1-3H3. The molecule has 150 valence electrons. The Labute approximate surface area is 163 Å². The van der Waals surface area contributed by atoms with Gasteiger partial charge in [0.2, 0.25) is 0 Å². The third-order valence-electron chi connectivity index (χ3n) is 5.32. The smallest absolute Gasteiger partial charge is 0.332 e. The van der Waals surface area contributed by atoms with Gasteiger partial charge in [-0.15, -0.1) is 0 Å². The highest BCUT2D eigenvalue weighted by Crippen LogP contribution is 2.22. The van der Waals surface area contributed by atoms with Crippen LogP contribution in [0.4, 0.5) is 17.2 Å². The summed E-state index contributed by atoms with van der Waals surface area (Å²) in [5.74, 6) is -0.569. The summed E-state index contributed by atoms with van der Waals surface area (Å²) in [7, 11) is 2.77. The monoisotopic (exact) mass is 385 g/mol. The van der Waals surface area contributed by atoms with E-state index in [0.717, 1.165) is 27.9 Å². The van der Waals surface area contributed by atoms with Crippen LogP contribution in [-0.2, 0) is 14.1 Å². The normalized spacial score (nSPS) is 15.3. The van der Waals surface area contributed by atoms with Crippen LogP contribution in [0.3, 0.4) is 0 Å². The van der Waals surface area contributed by atoms with Gasteiger partial charge in [-0.25, -0.2) is 4.79 Å². The second kappa shape index (κ2) is 7.92. The summed E-state index contributed by atoms with van der Waals surface area (Å²) in [6.45, 7) is 3.80. The van der Waals surface area contributed by atoms with Crippen LogP contribution in [0.2, 0.25) is 0 Å². The molecule has 8 heteroatoms. The van der Waals surface area contributed by atoms with Gasteiger partial charge < -0.3 is 16.0 Å². The fraction of sp³-hybridized carbons (Fsp3) is 0.450. The van der Waals surface area contributed by atoms with Crippen molar-refractivity contribution in [2.45, 2.75) is 32.2 Å². The molecular weight excluding hydrogens is 358 g/mol. The Morgan fingerprint density at radius 2 is 1.64 bits per heavy atom. The second-order valence-electron chi connectivity index (χ2n) is 7.29. The fourth-order valence-corrected chi connectivity index (χ4v) is 3.54. The summed E-state index contributed by atoms with van der Waals surface area (Å²) in [4.78, 5) is 39.5. The van der Waals surface area contributed by atoms with Gasteiger partial charge in [-0.1, -0.05) is 0 Å². The van der Waals surface area contributed by atoms with E-state index in [9.17, 15) is 14.4 Å². The zero-order chi connectivity index (χ0) is 20.4. The number of nitrogens with one attached hydrogen (secondary N) is 1. The van der Waals surface area contributed by atoms with Gasteiger partial charge in [-0.2, -0.15) is 0 Å². The molecule has 2 heterocycles. The van der Waals surface area contributed by atoms with Crippen molar-refractivity contribution in [1.29, 1.82) is 0 Å². The van der Waals surface area contributed by atoms with Gasteiger partial charge >= 0.3 is 5.69 Å². The van der Waals surface area contributed by atoms with Crippen LogP contribution in [0.1, 0.15) is 36.5 Å². The van der Waals surface area contributed by atoms with Gasteiger partial charge in [0.15, 0.2) is 5.78 Å². The minimum atomic E-state index is -0.681. The number of anilines is 3. The number of nitrogen functional groups attached to an aromatic ring is 1. The van der Waals surface area contributed by atoms with Crippen molar-refractivity contribution in [2.24, 2.45) is 14.1 Å². The zero-order valence-electron chi connectivity index (χ0n) is 16.6. The van der Waals surface area contributed by atoms with Crippen LogP contribution in [0.5, 0.6) is 0 Å². The lowest BCUT2D eigenvalue weighted by Gasteiger charge is -2.29. The van der Waals surface area contributed by atoms with Crippen LogP contribution in [-0.4, -0.2) is 34.0 Å². The Kier molecular flexibility index (Phi) is 5.58. The summed E-state index contributed by atoms with van der Waals surface area (Å²) < 4.78 is 2.00. The minimum absolute atomic E-state index is 0.118. The molecule has 0 bridgehead atoms. The van der Waals surface area contributed by atoms with Crippen LogP contribution in [0.15, 0.2) is 33.9 Å². The first-order valence-electron chi connectivity index (χ1n) is 9.52. The van der Waals surface area contributed by atoms with E-state index in [2.05, 4.69) is 10.2 Å². The highest BCUT2D eigenvalue weighted by Gasteiger charge is 2.24. The third kappa shape index (κ3) is 3.67. The number of carbonyl (C=O) groups excluding carboxylic acids is 1. The maximum absolute atomic E-state index is 12.8. The number of nitrogens with two attached hydrogens (primary N) is 1. The molecule has 1 aliphatic heterocycles. The lowest BCUT2D eigenvalue weighted by atomic mass is 10.1. The number of nitrogens with zero attached hydrogens (tertiary/aromatic N) is 3. The molecule has 0 spiro atoms. The third-order valence-corrected chi connectivity index (χ3v) is 5.32. The molecular formula is C20H27N5O3. The lowest BCUT2D eigenvalue weighted by molar-refractivity contribution is 0.0973. The van der Waals surface area contributed by atoms with Gasteiger partial charge in [0.1, 0.15) is 11.4 Å². The molecule has 1 atom stereocenters. The average molecular weight is 385 g/mol. The Morgan fingerprint density at radius 3 is 2.25 bits per heavy atom. The topological polar surface area (TPSA) is 102 Å². The van der Waals surface area contributed by atoms with Gasteiger partial charge in [-0.05, 0) is 50.5 Å². The van der Waals surface area contributed by atoms with Crippen molar-refractivity contribution in [1.82, 2.24) is 9.13 Å². The zero-order valence-corrected chi connectivity index (χ0v) is 16.6. The van der Waals surface area contributed by atoms with E-state index in [4.69, 9.17) is 5.73 Å². The van der Waals surface area contributed by atoms with E-state index in [-0.39, 0.29) is 11.4 Å². The quantitative estimate of drug-likeness (QED) is 0.753. The van der Waals surface area contributed by atoms with Crippen LogP contribution in [0.25, 0.3) is 0 Å². The highest BCUT2D eigenvalue weighted by atomic mass is 16.2. The molecule has 1 aromatic heterocycles. The van der Waals surface area contributed by atoms with E-state index in [0.29, 0.717) is 0 Å². The van der Waals surface area contributed by atoms with E-state index in [1.807, 2.05) is 24.3 Å². The summed E-state index contributed by atoms with van der Waals surface area (Å²) >= 11 is 0. The summed E-state index contributed by atoms with van der Waals surface area (Å²) in [6.07, 6.45) is 3.70. The molecule has 0 aliphatic carbocycles. The van der Waals surface area contributed by atoms with Crippen molar-refractivity contribution < 1.29 is 4.79 Å². The van der Waals surface area contributed by atoms with E-state index in [1.165, 1.54) is 39.0 Å². The maximum atomic E-state index is 12.8. The van der Waals surface area contributed by atoms with E-state index >= 15 is 0 Å². The van der Waals surface area contributed by atoms with Crippen molar-refractivity contribution in [3.8, 4) is 0 Å². The van der Waals surface area contributed by atoms with E-state index < -0.39 is 23.1 Å². The highest BCUT2D eigenvalue weighted by molar-refractivity contribution is 6.04. The maximum Gasteiger partial charge on any atom is 0.332 e. The number of hydrogen-bond acceptors (Lipinski definition) is 6. The number of carbonyl (C=O) groups is 1. The van der Waals surface area contributed by atoms with Crippen LogP contribution < -0.4 is 27.2 Å². The molecule has 1 saturated heterocycles. The van der Waals surface area contributed by atoms with Crippen molar-refractivity contribution >= 4 is 23.0 Å². The number of benzene rings is 1. The number of hydrogen-bond donors (Lipinski definition) is 2. The number of rotatable bonds is 5. The average Bonchev–Trinajstić information content (AvgIpc) is 2.72. The molecule has 1 fully saturated rings. The van der Waals surface area contributed by atoms with Crippen LogP contribution in [0, 0.1) is 0 Å². The first-order chi connectivity index (χ1) is 13.3. The second-order valence-corrected chi connectivity index (χ2v) is 7.29. The molecule has 0 amide bonds. The lowest BCUT2D eigenvalue weighted by Crippen LogP contribution is -2.43. The van der Waals surface area contributed by atoms with Gasteiger partial charge in [-0.3, -0.25) is 18.7 Å². The van der Waals surface area contributed by atoms with Crippen molar-refractivity contribution in [2.75, 3.05) is 29.0 Å². The molecule has 3 N–H and O–H groups in total. The fourth-order valence-electron chi connectivity index (χ4n) is 3.54. The molecule has 1 aliphatic rings. The SMILES string of the molecule is CC(Nc1ccc(N2CCCCC2)cc1)C(=O)c1c(N)n(C)c(=O)n(C)c1=O. The Balaban J connectivity index is 1.78. The number of aromatic nitrogens is 2. The van der Waals surface area contributed by atoms with Crippen molar-refractivity contribution in [3.05, 3.63) is 50.7 Å². The summed E-state index contributed by atoms with van der Waals surface area (Å²) in [6, 6.07) is 7.24. The largest absolute Gasteiger partial charge is 0.384 e. The molecule has 28 heavy (non-hydrogen) atoms. The molecule has 0 radical (unpaired) electrons. The molecule has 2 aromatic rings. The molecule has 3 rings (SSSR count). The number of ketones is 1. The van der Waals surface area contributed by atoms with Crippen LogP contribution >= 0.6 is 0 Å². The molecule has 0 saturated carbocycles. The Bertz CT molecular complexity index is 985. The molecule has 8 nitrogen and oxygen atoms in total. The van der Waals surface area contributed by atoms with E-state index in [1.54, 1.807) is 6.92 Å². The van der Waals surface area contributed by atoms with Gasteiger partial charge in [0.05, 0.1) is 6.04 Å². The van der Waals surface area contributed by atoms with Gasteiger partial charge in [0.25, 0.3) is 5.56 Å². The first-order valence-corrected chi connectivity index (χ1v) is 9.52. The molecule has 1 aromatic carbocycles. The summed E-state index contributed by atoms with van der Waals surface area (Å²) in [5, 5.41) is 3.12. The first kappa shape index (κ1) is 19.7.